The van der Waals surface area contributed by atoms with Crippen LogP contribution in [0.25, 0.3) is 0 Å². The summed E-state index contributed by atoms with van der Waals surface area (Å²) in [5.41, 5.74) is 15.4. The number of hydrogen-bond acceptors (Lipinski definition) is 5. The number of amides is 3. The van der Waals surface area contributed by atoms with Crippen molar-refractivity contribution in [2.24, 2.45) is 23.1 Å². The van der Waals surface area contributed by atoms with Crippen molar-refractivity contribution < 1.29 is 19.1 Å². The van der Waals surface area contributed by atoms with Crippen molar-refractivity contribution in [2.75, 3.05) is 7.11 Å². The second-order valence-corrected chi connectivity index (χ2v) is 5.45. The lowest BCUT2D eigenvalue weighted by molar-refractivity contribution is -0.146. The molecule has 0 spiro atoms. The van der Waals surface area contributed by atoms with Gasteiger partial charge in [-0.2, -0.15) is 0 Å². The number of ether oxygens (including phenoxy) is 1. The fourth-order valence-electron chi connectivity index (χ4n) is 1.85. The minimum Gasteiger partial charge on any atom is -0.467 e. The molecule has 0 aliphatic rings. The van der Waals surface area contributed by atoms with Crippen LogP contribution in [0.2, 0.25) is 0 Å². The molecule has 8 nitrogen and oxygen atoms in total. The maximum atomic E-state index is 12.0. The molecule has 0 aliphatic heterocycles. The van der Waals surface area contributed by atoms with E-state index in [1.54, 1.807) is 0 Å². The fraction of sp³-hybridized carbons (Fsp3) is 0.438. The average Bonchev–Trinajstić information content (AvgIpc) is 2.51. The van der Waals surface area contributed by atoms with Gasteiger partial charge in [0.15, 0.2) is 0 Å². The van der Waals surface area contributed by atoms with E-state index >= 15 is 0 Å². The Kier molecular flexibility index (Phi) is 9.81. The Balaban J connectivity index is 0.00000118. The molecule has 1 aromatic carbocycles. The molecule has 2 atom stereocenters. The Hall–Kier alpha value is -2.61. The van der Waals surface area contributed by atoms with Gasteiger partial charge in [-0.1, -0.05) is 44.2 Å². The van der Waals surface area contributed by atoms with Crippen molar-refractivity contribution in [3.63, 3.8) is 0 Å². The molecular weight excluding hydrogens is 312 g/mol. The minimum absolute atomic E-state index is 0.0599. The predicted molar refractivity (Wildman–Crippen MR) is 90.7 cm³/mol. The van der Waals surface area contributed by atoms with Gasteiger partial charge in [-0.25, -0.2) is 9.59 Å². The number of rotatable bonds is 6. The first kappa shape index (κ1) is 21.4. The van der Waals surface area contributed by atoms with Gasteiger partial charge in [0.2, 0.25) is 5.91 Å². The molecule has 7 N–H and O–H groups in total. The molecule has 0 aliphatic carbocycles. The summed E-state index contributed by atoms with van der Waals surface area (Å²) in [5.74, 6) is -0.867. The van der Waals surface area contributed by atoms with Crippen molar-refractivity contribution in [3.8, 4) is 0 Å². The van der Waals surface area contributed by atoms with Crippen LogP contribution in [0.15, 0.2) is 30.3 Å². The highest BCUT2D eigenvalue weighted by molar-refractivity contribution is 5.87. The standard InChI is InChI=1S/C15H22N2O3.CH4N2O/c1-10(2)13(15(19)20-3)17-14(18)12(16)9-11-7-5-4-6-8-11;2-1(3)4/h4-8,10,12-13H,9,16H2,1-3H3,(H,17,18);(H4,2,3,4)/t12-,13-;/m0./s1. The zero-order valence-corrected chi connectivity index (χ0v) is 14.2. The van der Waals surface area contributed by atoms with Crippen LogP contribution in [-0.4, -0.2) is 37.1 Å². The molecule has 1 rings (SSSR count). The zero-order chi connectivity index (χ0) is 18.7. The molecule has 3 amide bonds. The Morgan fingerprint density at radius 1 is 1.12 bits per heavy atom. The minimum atomic E-state index is -0.833. The molecule has 0 unspecified atom stereocenters. The van der Waals surface area contributed by atoms with Gasteiger partial charge in [-0.05, 0) is 17.9 Å². The third-order valence-electron chi connectivity index (χ3n) is 3.05. The van der Waals surface area contributed by atoms with Gasteiger partial charge in [0.05, 0.1) is 13.2 Å². The number of benzene rings is 1. The summed E-state index contributed by atoms with van der Waals surface area (Å²) in [6.45, 7) is 3.68. The van der Waals surface area contributed by atoms with Gasteiger partial charge in [-0.15, -0.1) is 0 Å². The van der Waals surface area contributed by atoms with E-state index in [-0.39, 0.29) is 11.8 Å². The Morgan fingerprint density at radius 3 is 2.04 bits per heavy atom. The Morgan fingerprint density at radius 2 is 1.62 bits per heavy atom. The number of urea groups is 1. The van der Waals surface area contributed by atoms with Crippen LogP contribution in [0.3, 0.4) is 0 Å². The number of nitrogens with one attached hydrogen (secondary N) is 1. The number of methoxy groups -OCH3 is 1. The molecule has 0 bridgehead atoms. The van der Waals surface area contributed by atoms with Crippen LogP contribution >= 0.6 is 0 Å². The Bertz CT molecular complexity index is 530. The second-order valence-electron chi connectivity index (χ2n) is 5.45. The highest BCUT2D eigenvalue weighted by Gasteiger charge is 2.27. The van der Waals surface area contributed by atoms with E-state index in [0.717, 1.165) is 5.56 Å². The molecule has 134 valence electrons. The third kappa shape index (κ3) is 8.74. The van der Waals surface area contributed by atoms with Crippen LogP contribution in [-0.2, 0) is 20.7 Å². The van der Waals surface area contributed by atoms with E-state index in [2.05, 4.69) is 21.5 Å². The summed E-state index contributed by atoms with van der Waals surface area (Å²) in [4.78, 5) is 32.6. The van der Waals surface area contributed by atoms with Gasteiger partial charge >= 0.3 is 12.0 Å². The van der Waals surface area contributed by atoms with Crippen LogP contribution in [0.5, 0.6) is 0 Å². The first-order chi connectivity index (χ1) is 11.2. The topological polar surface area (TPSA) is 151 Å². The van der Waals surface area contributed by atoms with Gasteiger partial charge in [0.25, 0.3) is 0 Å². The quantitative estimate of drug-likeness (QED) is 0.534. The summed E-state index contributed by atoms with van der Waals surface area (Å²) >= 11 is 0. The largest absolute Gasteiger partial charge is 0.467 e. The maximum Gasteiger partial charge on any atom is 0.328 e. The van der Waals surface area contributed by atoms with Crippen molar-refractivity contribution in [1.29, 1.82) is 0 Å². The SMILES string of the molecule is COC(=O)[C@@H](NC(=O)[C@@H](N)Cc1ccccc1)C(C)C.NC(N)=O. The van der Waals surface area contributed by atoms with E-state index in [1.807, 2.05) is 44.2 Å². The van der Waals surface area contributed by atoms with Gasteiger partial charge < -0.3 is 27.3 Å². The number of primary amides is 2. The molecule has 0 aromatic heterocycles. The van der Waals surface area contributed by atoms with E-state index in [4.69, 9.17) is 10.5 Å². The lowest BCUT2D eigenvalue weighted by Gasteiger charge is -2.22. The monoisotopic (exact) mass is 338 g/mol. The number of hydrogen-bond donors (Lipinski definition) is 4. The van der Waals surface area contributed by atoms with Crippen molar-refractivity contribution in [1.82, 2.24) is 5.32 Å². The molecule has 0 saturated heterocycles. The summed E-state index contributed by atoms with van der Waals surface area (Å²) in [6, 6.07) is 7.32. The van der Waals surface area contributed by atoms with E-state index in [1.165, 1.54) is 7.11 Å². The van der Waals surface area contributed by atoms with Crippen LogP contribution in [0.1, 0.15) is 19.4 Å². The lowest BCUT2D eigenvalue weighted by Crippen LogP contribution is -2.51. The zero-order valence-electron chi connectivity index (χ0n) is 14.2. The van der Waals surface area contributed by atoms with Crippen LogP contribution in [0.4, 0.5) is 4.79 Å². The molecule has 1 aromatic rings. The van der Waals surface area contributed by atoms with Crippen LogP contribution in [0, 0.1) is 5.92 Å². The van der Waals surface area contributed by atoms with Gasteiger partial charge in [0.1, 0.15) is 6.04 Å². The molecule has 0 radical (unpaired) electrons. The number of carbonyl (C=O) groups excluding carboxylic acids is 3. The number of carbonyl (C=O) groups is 3. The van der Waals surface area contributed by atoms with Gasteiger partial charge in [0, 0.05) is 0 Å². The fourth-order valence-corrected chi connectivity index (χ4v) is 1.85. The summed E-state index contributed by atoms with van der Waals surface area (Å²) < 4.78 is 4.68. The number of esters is 1. The van der Waals surface area contributed by atoms with Crippen molar-refractivity contribution in [2.45, 2.75) is 32.4 Å². The third-order valence-corrected chi connectivity index (χ3v) is 3.05. The first-order valence-electron chi connectivity index (χ1n) is 7.41. The van der Waals surface area contributed by atoms with Crippen LogP contribution < -0.4 is 22.5 Å². The summed E-state index contributed by atoms with van der Waals surface area (Å²) in [5, 5.41) is 2.65. The lowest BCUT2D eigenvalue weighted by atomic mass is 10.0. The Labute approximate surface area is 141 Å². The van der Waals surface area contributed by atoms with E-state index in [9.17, 15) is 9.59 Å². The van der Waals surface area contributed by atoms with E-state index in [0.29, 0.717) is 6.42 Å². The molecular formula is C16H26N4O4. The summed E-state index contributed by atoms with van der Waals surface area (Å²) in [7, 11) is 1.30. The first-order valence-corrected chi connectivity index (χ1v) is 7.41. The second kappa shape index (κ2) is 11.0. The molecule has 0 saturated carbocycles. The van der Waals surface area contributed by atoms with Crippen molar-refractivity contribution >= 4 is 17.9 Å². The number of nitrogens with two attached hydrogens (primary N) is 3. The van der Waals surface area contributed by atoms with Gasteiger partial charge in [-0.3, -0.25) is 4.79 Å². The highest BCUT2D eigenvalue weighted by atomic mass is 16.5. The highest BCUT2D eigenvalue weighted by Crippen LogP contribution is 2.06. The van der Waals surface area contributed by atoms with Crippen molar-refractivity contribution in [3.05, 3.63) is 35.9 Å². The smallest absolute Gasteiger partial charge is 0.328 e. The predicted octanol–water partition coefficient (Wildman–Crippen LogP) is -0.106. The molecule has 0 fully saturated rings. The molecule has 0 heterocycles. The normalized spacial score (nSPS) is 12.4. The molecule has 24 heavy (non-hydrogen) atoms. The molecule has 8 heteroatoms. The average molecular weight is 338 g/mol. The maximum absolute atomic E-state index is 12.0. The summed E-state index contributed by atoms with van der Waals surface area (Å²) in [6.07, 6.45) is 0.429. The van der Waals surface area contributed by atoms with E-state index < -0.39 is 24.1 Å².